The minimum atomic E-state index is -0.269. The summed E-state index contributed by atoms with van der Waals surface area (Å²) in [5.41, 5.74) is -0.269. The Hall–Kier alpha value is -0.220. The van der Waals surface area contributed by atoms with Gasteiger partial charge in [-0.25, -0.2) is 0 Å². The predicted octanol–water partition coefficient (Wildman–Crippen LogP) is 1.44. The van der Waals surface area contributed by atoms with Gasteiger partial charge >= 0.3 is 0 Å². The average molecular weight is 228 g/mol. The molecule has 86 valence electrons. The molecular formula is C11H20N2OS. The number of hydrogen-bond acceptors (Lipinski definition) is 3. The Morgan fingerprint density at radius 3 is 3.13 bits per heavy atom. The normalized spacial score (nSPS) is 34.1. The molecule has 0 aromatic heterocycles. The lowest BCUT2D eigenvalue weighted by Gasteiger charge is -2.50. The summed E-state index contributed by atoms with van der Waals surface area (Å²) < 4.78 is 0. The van der Waals surface area contributed by atoms with Gasteiger partial charge in [-0.2, -0.15) is 0 Å². The summed E-state index contributed by atoms with van der Waals surface area (Å²) in [6.45, 7) is 6.17. The second kappa shape index (κ2) is 4.34. The number of nitrogens with zero attached hydrogens (tertiary/aromatic N) is 1. The average Bonchev–Trinajstić information content (AvgIpc) is 2.70. The van der Waals surface area contributed by atoms with Crippen LogP contribution in [0.5, 0.6) is 0 Å². The molecule has 2 heterocycles. The van der Waals surface area contributed by atoms with Gasteiger partial charge < -0.3 is 10.2 Å². The van der Waals surface area contributed by atoms with Gasteiger partial charge in [0.15, 0.2) is 0 Å². The van der Waals surface area contributed by atoms with E-state index in [0.717, 1.165) is 18.8 Å². The van der Waals surface area contributed by atoms with Gasteiger partial charge in [0, 0.05) is 12.3 Å². The maximum atomic E-state index is 11.9. The van der Waals surface area contributed by atoms with E-state index in [1.165, 1.54) is 19.3 Å². The maximum absolute atomic E-state index is 11.9. The summed E-state index contributed by atoms with van der Waals surface area (Å²) in [5, 5.41) is 3.83. The van der Waals surface area contributed by atoms with Crippen LogP contribution in [0.15, 0.2) is 0 Å². The van der Waals surface area contributed by atoms with Crippen LogP contribution >= 0.6 is 11.8 Å². The summed E-state index contributed by atoms with van der Waals surface area (Å²) in [6.07, 6.45) is 3.66. The topological polar surface area (TPSA) is 32.3 Å². The van der Waals surface area contributed by atoms with Crippen LogP contribution < -0.4 is 5.32 Å². The van der Waals surface area contributed by atoms with Crippen molar-refractivity contribution in [2.45, 2.75) is 44.0 Å². The zero-order chi connectivity index (χ0) is 10.9. The molecule has 0 aromatic carbocycles. The van der Waals surface area contributed by atoms with Crippen LogP contribution in [0.3, 0.4) is 0 Å². The highest BCUT2D eigenvalue weighted by atomic mass is 32.2. The molecular weight excluding hydrogens is 208 g/mol. The fourth-order valence-electron chi connectivity index (χ4n) is 2.38. The van der Waals surface area contributed by atoms with Crippen LogP contribution in [0.25, 0.3) is 0 Å². The minimum absolute atomic E-state index is 0.269. The van der Waals surface area contributed by atoms with Crippen molar-refractivity contribution in [2.24, 2.45) is 0 Å². The largest absolute Gasteiger partial charge is 0.326 e. The zero-order valence-electron chi connectivity index (χ0n) is 9.58. The number of rotatable bonds is 5. The van der Waals surface area contributed by atoms with Crippen molar-refractivity contribution in [3.8, 4) is 0 Å². The first-order valence-electron chi connectivity index (χ1n) is 5.88. The number of hydrogen-bond donors (Lipinski definition) is 1. The Morgan fingerprint density at radius 1 is 1.60 bits per heavy atom. The molecule has 15 heavy (non-hydrogen) atoms. The molecule has 2 fully saturated rings. The molecule has 2 rings (SSSR count). The molecule has 2 aliphatic rings. The second-order valence-electron chi connectivity index (χ2n) is 4.56. The van der Waals surface area contributed by atoms with E-state index in [-0.39, 0.29) is 5.54 Å². The molecule has 0 spiro atoms. The van der Waals surface area contributed by atoms with E-state index in [1.807, 2.05) is 16.7 Å². The van der Waals surface area contributed by atoms with Crippen LogP contribution in [0.1, 0.15) is 33.1 Å². The molecule has 0 saturated carbocycles. The number of amides is 1. The SMILES string of the molecule is CCCCCNC1(C)C(=O)N2CCSC21. The van der Waals surface area contributed by atoms with Gasteiger partial charge in [0.2, 0.25) is 5.91 Å². The first kappa shape index (κ1) is 11.3. The fourth-order valence-corrected chi connectivity index (χ4v) is 3.80. The Morgan fingerprint density at radius 2 is 2.40 bits per heavy atom. The molecule has 0 radical (unpaired) electrons. The van der Waals surface area contributed by atoms with Crippen molar-refractivity contribution < 1.29 is 4.79 Å². The van der Waals surface area contributed by atoms with E-state index in [1.54, 1.807) is 0 Å². The maximum Gasteiger partial charge on any atom is 0.246 e. The lowest BCUT2D eigenvalue weighted by Crippen LogP contribution is -2.75. The highest BCUT2D eigenvalue weighted by Gasteiger charge is 2.59. The van der Waals surface area contributed by atoms with Crippen LogP contribution in [-0.2, 0) is 4.79 Å². The van der Waals surface area contributed by atoms with Crippen molar-refractivity contribution in [3.05, 3.63) is 0 Å². The Bertz CT molecular complexity index is 259. The van der Waals surface area contributed by atoms with Gasteiger partial charge in [-0.3, -0.25) is 4.79 Å². The molecule has 2 aliphatic heterocycles. The molecule has 3 nitrogen and oxygen atoms in total. The monoisotopic (exact) mass is 228 g/mol. The number of β-lactam (4-membered cyclic amide) rings is 1. The second-order valence-corrected chi connectivity index (χ2v) is 5.75. The summed E-state index contributed by atoms with van der Waals surface area (Å²) in [5.74, 6) is 1.40. The molecule has 0 aliphatic carbocycles. The lowest BCUT2D eigenvalue weighted by molar-refractivity contribution is -0.153. The van der Waals surface area contributed by atoms with E-state index in [2.05, 4.69) is 19.2 Å². The Kier molecular flexibility index (Phi) is 3.26. The summed E-state index contributed by atoms with van der Waals surface area (Å²) in [6, 6.07) is 0. The number of nitrogens with one attached hydrogen (secondary N) is 1. The van der Waals surface area contributed by atoms with E-state index in [4.69, 9.17) is 0 Å². The quantitative estimate of drug-likeness (QED) is 0.571. The fraction of sp³-hybridized carbons (Fsp3) is 0.909. The number of thioether (sulfide) groups is 1. The standard InChI is InChI=1S/C11H20N2OS/c1-3-4-5-6-12-11(2)9(14)13-7-8-15-10(11)13/h10,12H,3-8H2,1-2H3. The van der Waals surface area contributed by atoms with Gasteiger partial charge in [0.1, 0.15) is 10.9 Å². The number of carbonyl (C=O) groups is 1. The smallest absolute Gasteiger partial charge is 0.246 e. The molecule has 1 amide bonds. The summed E-state index contributed by atoms with van der Waals surface area (Å²) >= 11 is 1.91. The predicted molar refractivity (Wildman–Crippen MR) is 63.9 cm³/mol. The molecule has 2 saturated heterocycles. The lowest BCUT2D eigenvalue weighted by atomic mass is 9.90. The van der Waals surface area contributed by atoms with Crippen LogP contribution in [0, 0.1) is 0 Å². The number of unbranched alkanes of at least 4 members (excludes halogenated alkanes) is 2. The van der Waals surface area contributed by atoms with Crippen LogP contribution in [0.4, 0.5) is 0 Å². The number of fused-ring (bicyclic) bond motifs is 1. The van der Waals surface area contributed by atoms with Crippen molar-refractivity contribution in [3.63, 3.8) is 0 Å². The van der Waals surface area contributed by atoms with Gasteiger partial charge in [0.05, 0.1) is 0 Å². The van der Waals surface area contributed by atoms with Crippen molar-refractivity contribution in [2.75, 3.05) is 18.8 Å². The van der Waals surface area contributed by atoms with Crippen LogP contribution in [-0.4, -0.2) is 40.6 Å². The highest BCUT2D eigenvalue weighted by Crippen LogP contribution is 2.42. The first-order valence-corrected chi connectivity index (χ1v) is 6.92. The molecule has 0 bridgehead atoms. The third-order valence-electron chi connectivity index (χ3n) is 3.36. The van der Waals surface area contributed by atoms with E-state index < -0.39 is 0 Å². The molecule has 2 unspecified atom stereocenters. The van der Waals surface area contributed by atoms with E-state index >= 15 is 0 Å². The van der Waals surface area contributed by atoms with E-state index in [9.17, 15) is 4.79 Å². The summed E-state index contributed by atoms with van der Waals surface area (Å²) in [7, 11) is 0. The van der Waals surface area contributed by atoms with Crippen LogP contribution in [0.2, 0.25) is 0 Å². The first-order chi connectivity index (χ1) is 7.20. The number of carbonyl (C=O) groups excluding carboxylic acids is 1. The third kappa shape index (κ3) is 1.78. The van der Waals surface area contributed by atoms with E-state index in [0.29, 0.717) is 11.3 Å². The Balaban J connectivity index is 1.82. The highest BCUT2D eigenvalue weighted by molar-refractivity contribution is 8.00. The van der Waals surface area contributed by atoms with Crippen molar-refractivity contribution >= 4 is 17.7 Å². The van der Waals surface area contributed by atoms with Crippen molar-refractivity contribution in [1.29, 1.82) is 0 Å². The zero-order valence-corrected chi connectivity index (χ0v) is 10.4. The van der Waals surface area contributed by atoms with Gasteiger partial charge in [0.25, 0.3) is 0 Å². The van der Waals surface area contributed by atoms with Crippen molar-refractivity contribution in [1.82, 2.24) is 10.2 Å². The Labute approximate surface area is 96.0 Å². The summed E-state index contributed by atoms with van der Waals surface area (Å²) in [4.78, 5) is 13.9. The molecule has 4 heteroatoms. The van der Waals surface area contributed by atoms with Gasteiger partial charge in [-0.15, -0.1) is 11.8 Å². The molecule has 2 atom stereocenters. The minimum Gasteiger partial charge on any atom is -0.326 e. The van der Waals surface area contributed by atoms with Gasteiger partial charge in [-0.05, 0) is 19.9 Å². The van der Waals surface area contributed by atoms with Gasteiger partial charge in [-0.1, -0.05) is 19.8 Å². The molecule has 1 N–H and O–H groups in total. The molecule has 0 aromatic rings. The third-order valence-corrected chi connectivity index (χ3v) is 4.82.